The Labute approximate surface area is 312 Å². The number of aromatic nitrogens is 2. The molecule has 5 rings (SSSR count). The van der Waals surface area contributed by atoms with Crippen LogP contribution in [0.4, 0.5) is 26.6 Å². The van der Waals surface area contributed by atoms with Crippen molar-refractivity contribution in [3.05, 3.63) is 100 Å². The third kappa shape index (κ3) is 11.5. The Kier molecular flexibility index (Phi) is 13.7. The number of aryl methyl sites for hydroxylation is 3. The topological polar surface area (TPSA) is 112 Å². The zero-order valence-electron chi connectivity index (χ0n) is 31.7. The fourth-order valence-corrected chi connectivity index (χ4v) is 6.27. The van der Waals surface area contributed by atoms with Gasteiger partial charge in [-0.3, -0.25) is 9.69 Å². The lowest BCUT2D eigenvalue weighted by Gasteiger charge is -2.32. The van der Waals surface area contributed by atoms with Crippen LogP contribution in [-0.2, 0) is 17.8 Å². The number of nitrogens with one attached hydrogen (secondary N) is 2. The summed E-state index contributed by atoms with van der Waals surface area (Å²) in [6.07, 6.45) is 2.75. The predicted octanol–water partition coefficient (Wildman–Crippen LogP) is 6.96. The number of hydrogen-bond acceptors (Lipinski definition) is 9. The Bertz CT molecular complexity index is 1840. The lowest BCUT2D eigenvalue weighted by Crippen LogP contribution is -2.44. The molecule has 53 heavy (non-hydrogen) atoms. The largest absolute Gasteiger partial charge is 0.490 e. The van der Waals surface area contributed by atoms with Crippen LogP contribution in [0.1, 0.15) is 54.5 Å². The van der Waals surface area contributed by atoms with Gasteiger partial charge in [-0.15, -0.1) is 0 Å². The zero-order chi connectivity index (χ0) is 37.9. The number of rotatable bonds is 15. The molecule has 2 amide bonds. The zero-order valence-corrected chi connectivity index (χ0v) is 31.7. The molecule has 0 radical (unpaired) electrons. The van der Waals surface area contributed by atoms with Crippen molar-refractivity contribution in [3.63, 3.8) is 0 Å². The summed E-state index contributed by atoms with van der Waals surface area (Å²) in [7, 11) is 2.13. The highest BCUT2D eigenvalue weighted by Gasteiger charge is 2.23. The maximum Gasteiger partial charge on any atom is 0.421 e. The number of carbonyl (C=O) groups excluding carboxylic acids is 2. The number of anilines is 3. The highest BCUT2D eigenvalue weighted by Crippen LogP contribution is 2.28. The van der Waals surface area contributed by atoms with Gasteiger partial charge in [-0.05, 0) is 88.0 Å². The second kappa shape index (κ2) is 18.6. The fraction of sp³-hybridized carbons (Fsp3) is 0.415. The number of hydrogen-bond donors (Lipinski definition) is 2. The molecule has 2 N–H and O–H groups in total. The van der Waals surface area contributed by atoms with Gasteiger partial charge in [0.05, 0.1) is 19.6 Å². The smallest absolute Gasteiger partial charge is 0.421 e. The Morgan fingerprint density at radius 1 is 0.981 bits per heavy atom. The molecule has 0 aliphatic carbocycles. The first-order valence-corrected chi connectivity index (χ1v) is 18.3. The molecule has 2 heterocycles. The van der Waals surface area contributed by atoms with Crippen LogP contribution in [0.25, 0.3) is 0 Å². The Morgan fingerprint density at radius 2 is 1.72 bits per heavy atom. The van der Waals surface area contributed by atoms with Gasteiger partial charge in [0, 0.05) is 56.7 Å². The van der Waals surface area contributed by atoms with Gasteiger partial charge in [0.15, 0.2) is 11.6 Å². The Morgan fingerprint density at radius 3 is 2.43 bits per heavy atom. The number of amides is 2. The summed E-state index contributed by atoms with van der Waals surface area (Å²) >= 11 is 0. The van der Waals surface area contributed by atoms with Gasteiger partial charge in [-0.2, -0.15) is 4.98 Å². The van der Waals surface area contributed by atoms with Crippen molar-refractivity contribution in [2.75, 3.05) is 56.6 Å². The van der Waals surface area contributed by atoms with Gasteiger partial charge in [0.25, 0.3) is 0 Å². The minimum Gasteiger partial charge on any atom is -0.490 e. The van der Waals surface area contributed by atoms with Gasteiger partial charge < -0.3 is 29.9 Å². The average Bonchev–Trinajstić information content (AvgIpc) is 3.12. The van der Waals surface area contributed by atoms with Crippen molar-refractivity contribution >= 4 is 29.5 Å². The maximum absolute atomic E-state index is 15.1. The van der Waals surface area contributed by atoms with Crippen LogP contribution in [-0.4, -0.2) is 84.2 Å². The average molecular weight is 726 g/mol. The summed E-state index contributed by atoms with van der Waals surface area (Å²) in [6, 6.07) is 17.8. The highest BCUT2D eigenvalue weighted by atomic mass is 19.1. The molecule has 1 aromatic heterocycles. The number of benzene rings is 3. The van der Waals surface area contributed by atoms with Crippen molar-refractivity contribution < 1.29 is 23.5 Å². The number of piperazine rings is 1. The SMILES string of the molecule is CCC(C)NC(=O)Cc1cccc(CN(C(=O)Oc2c(C)cc(C)cc2C)c2ccnc(Nc3ccc(OCCCN4CCN(C)CC4)c(F)c3)n2)c1. The highest BCUT2D eigenvalue weighted by molar-refractivity contribution is 5.88. The van der Waals surface area contributed by atoms with Gasteiger partial charge in [0.2, 0.25) is 11.9 Å². The first-order chi connectivity index (χ1) is 25.5. The van der Waals surface area contributed by atoms with Crippen LogP contribution in [0.2, 0.25) is 0 Å². The molecule has 1 atom stereocenters. The van der Waals surface area contributed by atoms with E-state index in [-0.39, 0.29) is 42.4 Å². The van der Waals surface area contributed by atoms with E-state index in [0.717, 1.165) is 73.4 Å². The van der Waals surface area contributed by atoms with Gasteiger partial charge in [-0.1, -0.05) is 48.9 Å². The second-order valence-electron chi connectivity index (χ2n) is 13.9. The molecule has 0 saturated carbocycles. The van der Waals surface area contributed by atoms with E-state index in [9.17, 15) is 9.59 Å². The fourth-order valence-electron chi connectivity index (χ4n) is 6.27. The third-order valence-electron chi connectivity index (χ3n) is 9.31. The maximum atomic E-state index is 15.1. The van der Waals surface area contributed by atoms with Crippen molar-refractivity contribution in [1.82, 2.24) is 25.1 Å². The van der Waals surface area contributed by atoms with Crippen LogP contribution in [0.3, 0.4) is 0 Å². The van der Waals surface area contributed by atoms with Gasteiger partial charge >= 0.3 is 6.09 Å². The summed E-state index contributed by atoms with van der Waals surface area (Å²) in [5.41, 5.74) is 4.75. The molecule has 282 valence electrons. The molecule has 1 unspecified atom stereocenters. The number of likely N-dealkylation sites (N-methyl/N-ethyl adjacent to an activating group) is 1. The van der Waals surface area contributed by atoms with Crippen molar-refractivity contribution in [1.29, 1.82) is 0 Å². The van der Waals surface area contributed by atoms with E-state index in [2.05, 4.69) is 37.4 Å². The molecule has 0 bridgehead atoms. The van der Waals surface area contributed by atoms with Gasteiger partial charge in [0.1, 0.15) is 11.6 Å². The molecule has 1 aliphatic rings. The lowest BCUT2D eigenvalue weighted by atomic mass is 10.1. The Hall–Kier alpha value is -5.07. The summed E-state index contributed by atoms with van der Waals surface area (Å²) in [5.74, 6) is 0.526. The minimum atomic E-state index is -0.634. The van der Waals surface area contributed by atoms with Crippen LogP contribution in [0.5, 0.6) is 11.5 Å². The van der Waals surface area contributed by atoms with Gasteiger partial charge in [-0.25, -0.2) is 14.2 Å². The quantitative estimate of drug-likeness (QED) is 0.126. The van der Waals surface area contributed by atoms with Crippen molar-refractivity contribution in [2.45, 2.75) is 66.5 Å². The van der Waals surface area contributed by atoms with E-state index in [1.165, 1.54) is 17.2 Å². The van der Waals surface area contributed by atoms with Crippen molar-refractivity contribution in [3.8, 4) is 11.5 Å². The van der Waals surface area contributed by atoms with Crippen LogP contribution in [0.15, 0.2) is 66.9 Å². The van der Waals surface area contributed by atoms with E-state index >= 15 is 4.39 Å². The first-order valence-electron chi connectivity index (χ1n) is 18.3. The molecule has 12 heteroatoms. The van der Waals surface area contributed by atoms with E-state index in [4.69, 9.17) is 9.47 Å². The monoisotopic (exact) mass is 725 g/mol. The van der Waals surface area contributed by atoms with E-state index in [1.807, 2.05) is 71.0 Å². The molecule has 0 spiro atoms. The first kappa shape index (κ1) is 39.1. The standard InChI is InChI=1S/C41H52FN7O4/c1-7-31(5)44-38(50)25-32-10-8-11-33(24-32)27-49(41(51)53-39-29(3)22-28(2)23-30(39)4)37-14-15-43-40(46-37)45-34-12-13-36(35(42)26-34)52-21-9-16-48-19-17-47(6)18-20-48/h8,10-15,22-24,26,31H,7,9,16-21,25,27H2,1-6H3,(H,44,50)(H,43,45,46). The molecule has 11 nitrogen and oxygen atoms in total. The van der Waals surface area contributed by atoms with Crippen LogP contribution < -0.4 is 25.0 Å². The predicted molar refractivity (Wildman–Crippen MR) is 207 cm³/mol. The molecular weight excluding hydrogens is 673 g/mol. The van der Waals surface area contributed by atoms with E-state index < -0.39 is 11.9 Å². The van der Waals surface area contributed by atoms with E-state index in [1.54, 1.807) is 18.2 Å². The Balaban J connectivity index is 1.31. The number of nitrogens with zero attached hydrogens (tertiary/aromatic N) is 5. The summed E-state index contributed by atoms with van der Waals surface area (Å²) in [6.45, 7) is 15.4. The molecule has 4 aromatic rings. The molecule has 3 aromatic carbocycles. The molecular formula is C41H52FN7O4. The second-order valence-corrected chi connectivity index (χ2v) is 13.9. The minimum absolute atomic E-state index is 0.0677. The van der Waals surface area contributed by atoms with Crippen molar-refractivity contribution in [2.24, 2.45) is 0 Å². The number of ether oxygens (including phenoxy) is 2. The van der Waals surface area contributed by atoms with Crippen LogP contribution in [0, 0.1) is 26.6 Å². The normalized spacial score (nSPS) is 14.0. The number of halogens is 1. The summed E-state index contributed by atoms with van der Waals surface area (Å²) < 4.78 is 26.9. The van der Waals surface area contributed by atoms with E-state index in [0.29, 0.717) is 18.0 Å². The summed E-state index contributed by atoms with van der Waals surface area (Å²) in [5, 5.41) is 6.06. The molecule has 1 saturated heterocycles. The lowest BCUT2D eigenvalue weighted by molar-refractivity contribution is -0.121. The molecule has 1 fully saturated rings. The number of carbonyl (C=O) groups is 2. The third-order valence-corrected chi connectivity index (χ3v) is 9.31. The molecule has 1 aliphatic heterocycles. The van der Waals surface area contributed by atoms with Crippen LogP contribution >= 0.6 is 0 Å². The summed E-state index contributed by atoms with van der Waals surface area (Å²) in [4.78, 5) is 41.7.